The number of hydrogen-bond donors (Lipinski definition) is 0. The highest BCUT2D eigenvalue weighted by Crippen LogP contribution is 2.23. The predicted octanol–water partition coefficient (Wildman–Crippen LogP) is 1.68. The lowest BCUT2D eigenvalue weighted by Crippen LogP contribution is -2.13. The summed E-state index contributed by atoms with van der Waals surface area (Å²) in [5, 5.41) is 21.3. The monoisotopic (exact) mass is 264 g/mol. The molecule has 0 aliphatic carbocycles. The molecule has 1 aromatic rings. The molecule has 0 bridgehead atoms. The van der Waals surface area contributed by atoms with Crippen molar-refractivity contribution in [1.82, 2.24) is 0 Å². The van der Waals surface area contributed by atoms with Crippen molar-refractivity contribution in [1.29, 1.82) is 0 Å². The molecule has 0 saturated carbocycles. The van der Waals surface area contributed by atoms with Crippen molar-refractivity contribution in [2.24, 2.45) is 0 Å². The van der Waals surface area contributed by atoms with E-state index in [9.17, 15) is 25.0 Å². The molecule has 0 aromatic heterocycles. The molecule has 8 heteroatoms. The van der Waals surface area contributed by atoms with Crippen molar-refractivity contribution >= 4 is 17.3 Å². The van der Waals surface area contributed by atoms with Gasteiger partial charge in [-0.1, -0.05) is 5.92 Å². The minimum absolute atomic E-state index is 0.303. The van der Waals surface area contributed by atoms with Crippen LogP contribution < -0.4 is 0 Å². The number of nitro groups is 2. The van der Waals surface area contributed by atoms with Gasteiger partial charge in [-0.25, -0.2) is 4.79 Å². The molecule has 0 fully saturated rings. The molecule has 1 rings (SSSR count). The van der Waals surface area contributed by atoms with Gasteiger partial charge in [0.15, 0.2) is 6.10 Å². The maximum atomic E-state index is 11.6. The quantitative estimate of drug-likeness (QED) is 0.354. The summed E-state index contributed by atoms with van der Waals surface area (Å²) in [5.74, 6) is 1.17. The molecule has 1 aromatic carbocycles. The smallest absolute Gasteiger partial charge is 0.339 e. The largest absolute Gasteiger partial charge is 0.446 e. The number of hydrogen-bond acceptors (Lipinski definition) is 6. The second-order valence-electron chi connectivity index (χ2n) is 3.47. The summed E-state index contributed by atoms with van der Waals surface area (Å²) in [7, 11) is 0. The van der Waals surface area contributed by atoms with Crippen LogP contribution in [0.25, 0.3) is 0 Å². The van der Waals surface area contributed by atoms with Crippen molar-refractivity contribution in [2.75, 3.05) is 0 Å². The van der Waals surface area contributed by atoms with Gasteiger partial charge in [-0.15, -0.1) is 6.42 Å². The summed E-state index contributed by atoms with van der Waals surface area (Å²) in [4.78, 5) is 31.2. The minimum atomic E-state index is -0.961. The fraction of sp³-hybridized carbons (Fsp3) is 0.182. The Morgan fingerprint density at radius 3 is 2.11 bits per heavy atom. The van der Waals surface area contributed by atoms with E-state index in [-0.39, 0.29) is 5.56 Å². The first-order valence-corrected chi connectivity index (χ1v) is 4.96. The Kier molecular flexibility index (Phi) is 4.15. The Hall–Kier alpha value is -2.95. The first-order chi connectivity index (χ1) is 8.85. The zero-order valence-corrected chi connectivity index (χ0v) is 9.73. The van der Waals surface area contributed by atoms with E-state index in [1.54, 1.807) is 0 Å². The number of esters is 1. The van der Waals surface area contributed by atoms with E-state index in [0.717, 1.165) is 18.2 Å². The normalized spacial score (nSPS) is 11.2. The van der Waals surface area contributed by atoms with E-state index >= 15 is 0 Å². The number of nitrogens with zero attached hydrogens (tertiary/aromatic N) is 2. The molecule has 1 atom stereocenters. The molecule has 0 radical (unpaired) electrons. The summed E-state index contributed by atoms with van der Waals surface area (Å²) in [6.45, 7) is 1.42. The highest BCUT2D eigenvalue weighted by atomic mass is 16.6. The Labute approximate surface area is 107 Å². The fourth-order valence-electron chi connectivity index (χ4n) is 1.19. The van der Waals surface area contributed by atoms with Crippen LogP contribution in [-0.2, 0) is 4.74 Å². The lowest BCUT2D eigenvalue weighted by Gasteiger charge is -2.06. The highest BCUT2D eigenvalue weighted by molar-refractivity contribution is 5.91. The van der Waals surface area contributed by atoms with Crippen LogP contribution in [0.2, 0.25) is 0 Å². The summed E-state index contributed by atoms with van der Waals surface area (Å²) < 4.78 is 4.73. The molecule has 0 aliphatic rings. The zero-order valence-electron chi connectivity index (χ0n) is 9.73. The van der Waals surface area contributed by atoms with Gasteiger partial charge in [0.1, 0.15) is 0 Å². The van der Waals surface area contributed by atoms with Crippen LogP contribution in [0.4, 0.5) is 11.4 Å². The molecule has 19 heavy (non-hydrogen) atoms. The van der Waals surface area contributed by atoms with Crippen LogP contribution >= 0.6 is 0 Å². The second-order valence-corrected chi connectivity index (χ2v) is 3.47. The molecule has 0 unspecified atom stereocenters. The van der Waals surface area contributed by atoms with Gasteiger partial charge in [-0.05, 0) is 6.92 Å². The van der Waals surface area contributed by atoms with Crippen molar-refractivity contribution < 1.29 is 19.4 Å². The van der Waals surface area contributed by atoms with Crippen LogP contribution in [0.15, 0.2) is 18.2 Å². The van der Waals surface area contributed by atoms with E-state index in [1.807, 2.05) is 0 Å². The number of nitro benzene ring substituents is 2. The van der Waals surface area contributed by atoms with E-state index in [1.165, 1.54) is 6.92 Å². The zero-order chi connectivity index (χ0) is 14.6. The number of carbonyl (C=O) groups is 1. The van der Waals surface area contributed by atoms with Gasteiger partial charge in [0.05, 0.1) is 21.5 Å². The maximum absolute atomic E-state index is 11.6. The lowest BCUT2D eigenvalue weighted by atomic mass is 10.2. The predicted molar refractivity (Wildman–Crippen MR) is 63.5 cm³/mol. The number of rotatable bonds is 4. The summed E-state index contributed by atoms with van der Waals surface area (Å²) >= 11 is 0. The first-order valence-electron chi connectivity index (χ1n) is 4.96. The third kappa shape index (κ3) is 3.50. The highest BCUT2D eigenvalue weighted by Gasteiger charge is 2.21. The molecular weight excluding hydrogens is 256 g/mol. The van der Waals surface area contributed by atoms with Crippen LogP contribution in [-0.4, -0.2) is 21.9 Å². The van der Waals surface area contributed by atoms with E-state index < -0.39 is 33.3 Å². The SMILES string of the molecule is C#C[C@H](C)OC(=O)c1cc([N+](=O)[O-])cc([N+](=O)[O-])c1. The van der Waals surface area contributed by atoms with Crippen molar-refractivity contribution in [3.63, 3.8) is 0 Å². The third-order valence-electron chi connectivity index (χ3n) is 2.08. The number of ether oxygens (including phenoxy) is 1. The van der Waals surface area contributed by atoms with Gasteiger partial charge in [0.2, 0.25) is 0 Å². The van der Waals surface area contributed by atoms with Crippen LogP contribution in [0.3, 0.4) is 0 Å². The second kappa shape index (κ2) is 5.59. The summed E-state index contributed by atoms with van der Waals surface area (Å²) in [6.07, 6.45) is 4.17. The van der Waals surface area contributed by atoms with Gasteiger partial charge in [-0.3, -0.25) is 20.2 Å². The van der Waals surface area contributed by atoms with Crippen LogP contribution in [0.5, 0.6) is 0 Å². The van der Waals surface area contributed by atoms with E-state index in [2.05, 4.69) is 5.92 Å². The summed E-state index contributed by atoms with van der Waals surface area (Å²) in [5.41, 5.74) is -1.45. The van der Waals surface area contributed by atoms with E-state index in [4.69, 9.17) is 11.2 Å². The molecule has 0 heterocycles. The number of carbonyl (C=O) groups excluding carboxylic acids is 1. The molecule has 0 saturated heterocycles. The van der Waals surface area contributed by atoms with E-state index in [0.29, 0.717) is 0 Å². The third-order valence-corrected chi connectivity index (χ3v) is 2.08. The van der Waals surface area contributed by atoms with Crippen LogP contribution in [0, 0.1) is 32.6 Å². The maximum Gasteiger partial charge on any atom is 0.339 e. The van der Waals surface area contributed by atoms with Gasteiger partial charge in [-0.2, -0.15) is 0 Å². The first kappa shape index (κ1) is 14.1. The molecular formula is C11H8N2O6. The molecule has 0 aliphatic heterocycles. The molecule has 8 nitrogen and oxygen atoms in total. The van der Waals surface area contributed by atoms with Gasteiger partial charge in [0.25, 0.3) is 11.4 Å². The Bertz CT molecular complexity index is 557. The molecule has 98 valence electrons. The molecule has 0 amide bonds. The lowest BCUT2D eigenvalue weighted by molar-refractivity contribution is -0.394. The average Bonchev–Trinajstić information content (AvgIpc) is 2.37. The molecule has 0 spiro atoms. The summed E-state index contributed by atoms with van der Waals surface area (Å²) in [6, 6.07) is 2.53. The van der Waals surface area contributed by atoms with Crippen molar-refractivity contribution in [2.45, 2.75) is 13.0 Å². The number of non-ortho nitro benzene ring substituents is 2. The Balaban J connectivity index is 3.20. The average molecular weight is 264 g/mol. The van der Waals surface area contributed by atoms with Gasteiger partial charge in [0, 0.05) is 12.1 Å². The van der Waals surface area contributed by atoms with Gasteiger partial charge >= 0.3 is 5.97 Å². The van der Waals surface area contributed by atoms with Gasteiger partial charge < -0.3 is 4.74 Å². The molecule has 0 N–H and O–H groups in total. The Morgan fingerprint density at radius 1 is 1.26 bits per heavy atom. The Morgan fingerprint density at radius 2 is 1.74 bits per heavy atom. The number of terminal acetylenes is 1. The topological polar surface area (TPSA) is 113 Å². The van der Waals surface area contributed by atoms with Crippen molar-refractivity contribution in [3.05, 3.63) is 44.0 Å². The van der Waals surface area contributed by atoms with Crippen molar-refractivity contribution in [3.8, 4) is 12.3 Å². The standard InChI is InChI=1S/C11H8N2O6/c1-3-7(2)19-11(14)8-4-9(12(15)16)6-10(5-8)13(17)18/h1,4-7H,2H3/t7-/m0/s1. The van der Waals surface area contributed by atoms with Crippen LogP contribution in [0.1, 0.15) is 17.3 Å². The number of benzene rings is 1. The fourth-order valence-corrected chi connectivity index (χ4v) is 1.19. The minimum Gasteiger partial charge on any atom is -0.446 e.